The van der Waals surface area contributed by atoms with Crippen LogP contribution in [0.15, 0.2) is 0 Å². The van der Waals surface area contributed by atoms with Crippen LogP contribution in [0.5, 0.6) is 0 Å². The van der Waals surface area contributed by atoms with Gasteiger partial charge < -0.3 is 14.6 Å². The Balaban J connectivity index is 1.69. The predicted octanol–water partition coefficient (Wildman–Crippen LogP) is 3.06. The van der Waals surface area contributed by atoms with Crippen molar-refractivity contribution in [2.24, 2.45) is 17.8 Å². The van der Waals surface area contributed by atoms with Crippen LogP contribution in [0.1, 0.15) is 51.9 Å². The van der Waals surface area contributed by atoms with Gasteiger partial charge in [-0.3, -0.25) is 4.79 Å². The highest BCUT2D eigenvalue weighted by molar-refractivity contribution is 5.69. The molecule has 1 saturated carbocycles. The van der Waals surface area contributed by atoms with Crippen molar-refractivity contribution in [3.63, 3.8) is 0 Å². The van der Waals surface area contributed by atoms with Crippen molar-refractivity contribution in [2.45, 2.75) is 58.2 Å². The van der Waals surface area contributed by atoms with Gasteiger partial charge in [0.25, 0.3) is 0 Å². The molecule has 2 rings (SSSR count). The Morgan fingerprint density at radius 3 is 2.32 bits per heavy atom. The topological polar surface area (TPSA) is 55.8 Å². The summed E-state index contributed by atoms with van der Waals surface area (Å²) in [7, 11) is 0. The quantitative estimate of drug-likeness (QED) is 0.834. The highest BCUT2D eigenvalue weighted by Crippen LogP contribution is 2.34. The lowest BCUT2D eigenvalue weighted by Crippen LogP contribution is -2.39. The lowest BCUT2D eigenvalue weighted by atomic mass is 9.81. The zero-order valence-electron chi connectivity index (χ0n) is 11.8. The Morgan fingerprint density at radius 1 is 1.16 bits per heavy atom. The summed E-state index contributed by atoms with van der Waals surface area (Å²) in [5, 5.41) is 8.99. The van der Waals surface area contributed by atoms with E-state index in [4.69, 9.17) is 14.6 Å². The minimum Gasteiger partial charge on any atom is -0.481 e. The fraction of sp³-hybridized carbons (Fsp3) is 0.933. The zero-order valence-corrected chi connectivity index (χ0v) is 11.8. The lowest BCUT2D eigenvalue weighted by molar-refractivity contribution is -0.230. The van der Waals surface area contributed by atoms with Gasteiger partial charge in [0.05, 0.1) is 19.1 Å². The third kappa shape index (κ3) is 4.18. The van der Waals surface area contributed by atoms with Gasteiger partial charge in [0.1, 0.15) is 0 Å². The Kier molecular flexibility index (Phi) is 5.64. The minimum atomic E-state index is -0.649. The number of carboxylic acids is 1. The van der Waals surface area contributed by atoms with E-state index in [9.17, 15) is 4.79 Å². The molecule has 0 spiro atoms. The molecule has 0 aromatic heterocycles. The Morgan fingerprint density at radius 2 is 1.79 bits per heavy atom. The summed E-state index contributed by atoms with van der Waals surface area (Å²) in [6.07, 6.45) is 6.93. The molecule has 0 aromatic carbocycles. The van der Waals surface area contributed by atoms with Crippen LogP contribution in [0.3, 0.4) is 0 Å². The molecule has 1 N–H and O–H groups in total. The smallest absolute Gasteiger partial charge is 0.306 e. The summed E-state index contributed by atoms with van der Waals surface area (Å²) in [6, 6.07) is 0. The summed E-state index contributed by atoms with van der Waals surface area (Å²) in [5.41, 5.74) is 0. The van der Waals surface area contributed by atoms with Gasteiger partial charge in [0.15, 0.2) is 6.29 Å². The summed E-state index contributed by atoms with van der Waals surface area (Å²) < 4.78 is 11.7. The molecular weight excluding hydrogens is 244 g/mol. The van der Waals surface area contributed by atoms with Gasteiger partial charge in [-0.15, -0.1) is 0 Å². The summed E-state index contributed by atoms with van der Waals surface area (Å²) in [4.78, 5) is 10.9. The van der Waals surface area contributed by atoms with Crippen LogP contribution in [0, 0.1) is 17.8 Å². The molecule has 19 heavy (non-hydrogen) atoms. The number of unbranched alkanes of at least 4 members (excludes halogenated alkanes) is 1. The number of carboxylic acid groups (broad SMARTS) is 1. The molecule has 2 fully saturated rings. The molecule has 1 saturated heterocycles. The van der Waals surface area contributed by atoms with E-state index >= 15 is 0 Å². The molecule has 0 aromatic rings. The molecule has 0 radical (unpaired) electrons. The molecule has 1 aliphatic heterocycles. The molecule has 4 nitrogen and oxygen atoms in total. The zero-order chi connectivity index (χ0) is 13.7. The molecule has 110 valence electrons. The summed E-state index contributed by atoms with van der Waals surface area (Å²) in [5.74, 6) is 0.134. The van der Waals surface area contributed by atoms with Crippen molar-refractivity contribution in [2.75, 3.05) is 13.2 Å². The van der Waals surface area contributed by atoms with Crippen molar-refractivity contribution in [1.82, 2.24) is 0 Å². The Labute approximate surface area is 115 Å². The van der Waals surface area contributed by atoms with E-state index in [1.54, 1.807) is 0 Å². The van der Waals surface area contributed by atoms with E-state index in [1.807, 2.05) is 0 Å². The lowest BCUT2D eigenvalue weighted by Gasteiger charge is -2.37. The second kappa shape index (κ2) is 7.25. The number of ether oxygens (including phenoxy) is 2. The van der Waals surface area contributed by atoms with Crippen LogP contribution < -0.4 is 0 Å². The normalized spacial score (nSPS) is 36.1. The molecule has 4 heteroatoms. The van der Waals surface area contributed by atoms with Crippen molar-refractivity contribution in [1.29, 1.82) is 0 Å². The molecule has 0 bridgehead atoms. The minimum absolute atomic E-state index is 0.0902. The summed E-state index contributed by atoms with van der Waals surface area (Å²) >= 11 is 0. The fourth-order valence-corrected chi connectivity index (χ4v) is 3.13. The first-order valence-electron chi connectivity index (χ1n) is 7.66. The van der Waals surface area contributed by atoms with Crippen molar-refractivity contribution in [3.8, 4) is 0 Å². The van der Waals surface area contributed by atoms with Gasteiger partial charge in [-0.25, -0.2) is 0 Å². The average Bonchev–Trinajstić information content (AvgIpc) is 2.46. The highest BCUT2D eigenvalue weighted by Gasteiger charge is 2.34. The van der Waals surface area contributed by atoms with Gasteiger partial charge >= 0.3 is 5.97 Å². The van der Waals surface area contributed by atoms with Crippen LogP contribution in [0.4, 0.5) is 0 Å². The fourth-order valence-electron chi connectivity index (χ4n) is 3.13. The second-order valence-electron chi connectivity index (χ2n) is 5.99. The number of aliphatic carboxylic acids is 1. The van der Waals surface area contributed by atoms with Crippen LogP contribution in [0.25, 0.3) is 0 Å². The van der Waals surface area contributed by atoms with E-state index in [0.717, 1.165) is 38.9 Å². The largest absolute Gasteiger partial charge is 0.481 e. The van der Waals surface area contributed by atoms with Gasteiger partial charge in [-0.05, 0) is 32.1 Å². The first-order chi connectivity index (χ1) is 9.20. The Hall–Kier alpha value is -0.610. The monoisotopic (exact) mass is 270 g/mol. The van der Waals surface area contributed by atoms with E-state index in [-0.39, 0.29) is 12.2 Å². The van der Waals surface area contributed by atoms with Crippen LogP contribution >= 0.6 is 0 Å². The van der Waals surface area contributed by atoms with E-state index < -0.39 is 5.97 Å². The highest BCUT2D eigenvalue weighted by atomic mass is 16.7. The van der Waals surface area contributed by atoms with Crippen molar-refractivity contribution < 1.29 is 19.4 Å². The standard InChI is InChI=1S/C15H26O4/c1-2-3-4-11-9-18-15(19-10-11)13-7-5-12(6-8-13)14(16)17/h11-13,15H,2-10H2,1H3,(H,16,17). The number of hydrogen-bond donors (Lipinski definition) is 1. The van der Waals surface area contributed by atoms with E-state index in [2.05, 4.69) is 6.92 Å². The third-order valence-electron chi connectivity index (χ3n) is 4.46. The summed E-state index contributed by atoms with van der Waals surface area (Å²) in [6.45, 7) is 3.82. The molecule has 2 aliphatic rings. The first-order valence-corrected chi connectivity index (χ1v) is 7.66. The molecule has 0 unspecified atom stereocenters. The first kappa shape index (κ1) is 14.8. The SMILES string of the molecule is CCCCC1COC(C2CCC(C(=O)O)CC2)OC1. The molecule has 0 atom stereocenters. The number of hydrogen-bond acceptors (Lipinski definition) is 3. The van der Waals surface area contributed by atoms with Crippen molar-refractivity contribution in [3.05, 3.63) is 0 Å². The second-order valence-corrected chi connectivity index (χ2v) is 5.99. The maximum absolute atomic E-state index is 10.9. The molecule has 0 amide bonds. The third-order valence-corrected chi connectivity index (χ3v) is 4.46. The van der Waals surface area contributed by atoms with Crippen LogP contribution in [-0.2, 0) is 14.3 Å². The van der Waals surface area contributed by atoms with E-state index in [0.29, 0.717) is 11.8 Å². The van der Waals surface area contributed by atoms with E-state index in [1.165, 1.54) is 19.3 Å². The maximum atomic E-state index is 10.9. The van der Waals surface area contributed by atoms with Gasteiger partial charge in [0, 0.05) is 11.8 Å². The van der Waals surface area contributed by atoms with Crippen LogP contribution in [0.2, 0.25) is 0 Å². The Bertz CT molecular complexity index is 276. The van der Waals surface area contributed by atoms with Gasteiger partial charge in [-0.1, -0.05) is 19.8 Å². The van der Waals surface area contributed by atoms with Gasteiger partial charge in [-0.2, -0.15) is 0 Å². The van der Waals surface area contributed by atoms with Crippen molar-refractivity contribution >= 4 is 5.97 Å². The van der Waals surface area contributed by atoms with Gasteiger partial charge in [0.2, 0.25) is 0 Å². The number of carbonyl (C=O) groups is 1. The maximum Gasteiger partial charge on any atom is 0.306 e. The molecular formula is C15H26O4. The average molecular weight is 270 g/mol. The molecule has 1 aliphatic carbocycles. The molecule has 1 heterocycles. The predicted molar refractivity (Wildman–Crippen MR) is 71.8 cm³/mol. The number of rotatable bonds is 5. The van der Waals surface area contributed by atoms with Crippen LogP contribution in [-0.4, -0.2) is 30.6 Å².